The molecule has 0 spiro atoms. The first-order valence-corrected chi connectivity index (χ1v) is 4.16. The molecule has 0 unspecified atom stereocenters. The molecule has 1 N–H and O–H groups in total. The third-order valence-electron chi connectivity index (χ3n) is 1.81. The van der Waals surface area contributed by atoms with Crippen LogP contribution in [0.25, 0.3) is 0 Å². The number of nitrogens with zero attached hydrogens (tertiary/aromatic N) is 3. The Hall–Kier alpha value is -1.53. The second-order valence-electron chi connectivity index (χ2n) is 2.91. The Kier molecular flexibility index (Phi) is 2.38. The lowest BCUT2D eigenvalue weighted by Crippen LogP contribution is -2.29. The van der Waals surface area contributed by atoms with Crippen molar-refractivity contribution in [2.24, 2.45) is 0 Å². The van der Waals surface area contributed by atoms with Crippen molar-refractivity contribution < 1.29 is 14.7 Å². The van der Waals surface area contributed by atoms with Gasteiger partial charge in [-0.1, -0.05) is 0 Å². The molecule has 0 aromatic carbocycles. The summed E-state index contributed by atoms with van der Waals surface area (Å²) in [4.78, 5) is 24.1. The zero-order valence-electron chi connectivity index (χ0n) is 7.33. The van der Waals surface area contributed by atoms with E-state index in [0.717, 1.165) is 5.06 Å². The summed E-state index contributed by atoms with van der Waals surface area (Å²) in [6.07, 6.45) is 3.66. The number of aliphatic hydroxyl groups is 1. The van der Waals surface area contributed by atoms with E-state index < -0.39 is 6.10 Å². The lowest BCUT2D eigenvalue weighted by Gasteiger charge is -2.12. The Bertz CT molecular complexity index is 330. The number of aromatic nitrogens is 2. The van der Waals surface area contributed by atoms with Crippen LogP contribution in [-0.4, -0.2) is 45.3 Å². The molecular formula is C8H9N3O3. The molecule has 1 aliphatic heterocycles. The maximum Gasteiger partial charge on any atom is 0.297 e. The SMILES string of the molecule is O=C(c1cnccn1)N1C[C@H](O)CO1. The molecule has 0 saturated carbocycles. The highest BCUT2D eigenvalue weighted by Gasteiger charge is 2.27. The van der Waals surface area contributed by atoms with Crippen LogP contribution in [0.3, 0.4) is 0 Å². The van der Waals surface area contributed by atoms with Crippen molar-refractivity contribution in [2.45, 2.75) is 6.10 Å². The smallest absolute Gasteiger partial charge is 0.297 e. The van der Waals surface area contributed by atoms with Crippen LogP contribution in [0.15, 0.2) is 18.6 Å². The number of hydroxylamine groups is 2. The van der Waals surface area contributed by atoms with Crippen molar-refractivity contribution in [3.63, 3.8) is 0 Å². The van der Waals surface area contributed by atoms with Crippen LogP contribution in [0.2, 0.25) is 0 Å². The summed E-state index contributed by atoms with van der Waals surface area (Å²) in [6, 6.07) is 0. The van der Waals surface area contributed by atoms with Crippen LogP contribution in [0.5, 0.6) is 0 Å². The minimum absolute atomic E-state index is 0.145. The molecule has 6 heteroatoms. The van der Waals surface area contributed by atoms with Gasteiger partial charge in [-0.2, -0.15) is 0 Å². The highest BCUT2D eigenvalue weighted by molar-refractivity contribution is 5.91. The van der Waals surface area contributed by atoms with Crippen LogP contribution in [0.1, 0.15) is 10.5 Å². The average Bonchev–Trinajstić information content (AvgIpc) is 2.65. The molecule has 74 valence electrons. The summed E-state index contributed by atoms with van der Waals surface area (Å²) in [5, 5.41) is 10.2. The zero-order valence-corrected chi connectivity index (χ0v) is 7.33. The van der Waals surface area contributed by atoms with E-state index >= 15 is 0 Å². The van der Waals surface area contributed by atoms with E-state index in [4.69, 9.17) is 9.94 Å². The Morgan fingerprint density at radius 2 is 2.50 bits per heavy atom. The number of aliphatic hydroxyl groups excluding tert-OH is 1. The standard InChI is InChI=1S/C8H9N3O3/c12-6-4-11(14-5-6)8(13)7-3-9-1-2-10-7/h1-3,6,12H,4-5H2/t6-/m0/s1. The third-order valence-corrected chi connectivity index (χ3v) is 1.81. The molecule has 1 aromatic heterocycles. The third kappa shape index (κ3) is 1.70. The lowest BCUT2D eigenvalue weighted by atomic mass is 10.3. The highest BCUT2D eigenvalue weighted by Crippen LogP contribution is 2.08. The molecule has 0 bridgehead atoms. The first-order chi connectivity index (χ1) is 6.77. The minimum atomic E-state index is -0.615. The number of hydrogen-bond acceptors (Lipinski definition) is 5. The van der Waals surface area contributed by atoms with Crippen molar-refractivity contribution in [1.29, 1.82) is 0 Å². The fourth-order valence-electron chi connectivity index (χ4n) is 1.15. The molecule has 1 aromatic rings. The molecule has 1 atom stereocenters. The number of carbonyl (C=O) groups excluding carboxylic acids is 1. The summed E-state index contributed by atoms with van der Waals surface area (Å²) in [7, 11) is 0. The quantitative estimate of drug-likeness (QED) is 0.636. The van der Waals surface area contributed by atoms with Gasteiger partial charge >= 0.3 is 0 Å². The van der Waals surface area contributed by atoms with E-state index in [1.807, 2.05) is 0 Å². The fourth-order valence-corrected chi connectivity index (χ4v) is 1.15. The van der Waals surface area contributed by atoms with Crippen molar-refractivity contribution in [2.75, 3.05) is 13.2 Å². The number of hydrogen-bond donors (Lipinski definition) is 1. The van der Waals surface area contributed by atoms with E-state index in [1.54, 1.807) is 0 Å². The Morgan fingerprint density at radius 3 is 3.07 bits per heavy atom. The van der Waals surface area contributed by atoms with Crippen LogP contribution < -0.4 is 0 Å². The zero-order chi connectivity index (χ0) is 9.97. The number of β-amino-alcohol motifs (C(OH)–C–C–N with tert-alkyl or cyclic N) is 1. The molecule has 1 saturated heterocycles. The first-order valence-electron chi connectivity index (χ1n) is 4.16. The maximum absolute atomic E-state index is 11.6. The monoisotopic (exact) mass is 195 g/mol. The topological polar surface area (TPSA) is 75.6 Å². The summed E-state index contributed by atoms with van der Waals surface area (Å²) in [5.74, 6) is -0.380. The van der Waals surface area contributed by atoms with Gasteiger partial charge in [0.25, 0.3) is 5.91 Å². The van der Waals surface area contributed by atoms with Gasteiger partial charge in [0.15, 0.2) is 0 Å². The number of amides is 1. The fraction of sp³-hybridized carbons (Fsp3) is 0.375. The average molecular weight is 195 g/mol. The Labute approximate surface area is 80.1 Å². The molecule has 1 fully saturated rings. The largest absolute Gasteiger partial charge is 0.389 e. The van der Waals surface area contributed by atoms with Gasteiger partial charge in [-0.3, -0.25) is 14.6 Å². The van der Waals surface area contributed by atoms with Gasteiger partial charge in [0.2, 0.25) is 0 Å². The van der Waals surface area contributed by atoms with Crippen molar-refractivity contribution in [1.82, 2.24) is 15.0 Å². The van der Waals surface area contributed by atoms with E-state index in [2.05, 4.69) is 9.97 Å². The van der Waals surface area contributed by atoms with E-state index in [1.165, 1.54) is 18.6 Å². The normalized spacial score (nSPS) is 21.2. The maximum atomic E-state index is 11.6. The lowest BCUT2D eigenvalue weighted by molar-refractivity contribution is -0.0783. The van der Waals surface area contributed by atoms with Crippen LogP contribution in [0, 0.1) is 0 Å². The van der Waals surface area contributed by atoms with Crippen molar-refractivity contribution in [3.05, 3.63) is 24.3 Å². The van der Waals surface area contributed by atoms with Crippen molar-refractivity contribution >= 4 is 5.91 Å². The summed E-state index contributed by atoms with van der Waals surface area (Å²) >= 11 is 0. The summed E-state index contributed by atoms with van der Waals surface area (Å²) < 4.78 is 0. The van der Waals surface area contributed by atoms with Gasteiger partial charge < -0.3 is 5.11 Å². The molecule has 14 heavy (non-hydrogen) atoms. The van der Waals surface area contributed by atoms with Gasteiger partial charge in [0.1, 0.15) is 18.4 Å². The van der Waals surface area contributed by atoms with Crippen LogP contribution in [-0.2, 0) is 4.84 Å². The predicted molar refractivity (Wildman–Crippen MR) is 45.0 cm³/mol. The molecular weight excluding hydrogens is 186 g/mol. The first kappa shape index (κ1) is 9.04. The highest BCUT2D eigenvalue weighted by atomic mass is 16.7. The van der Waals surface area contributed by atoms with Crippen molar-refractivity contribution in [3.8, 4) is 0 Å². The number of carbonyl (C=O) groups is 1. The predicted octanol–water partition coefficient (Wildman–Crippen LogP) is -0.775. The second kappa shape index (κ2) is 3.69. The van der Waals surface area contributed by atoms with Crippen LogP contribution in [0.4, 0.5) is 0 Å². The minimum Gasteiger partial charge on any atom is -0.389 e. The summed E-state index contributed by atoms with van der Waals surface area (Å²) in [6.45, 7) is 0.321. The molecule has 2 rings (SSSR count). The summed E-state index contributed by atoms with van der Waals surface area (Å²) in [5.41, 5.74) is 0.210. The molecule has 2 heterocycles. The van der Waals surface area contributed by atoms with E-state index in [0.29, 0.717) is 0 Å². The Balaban J connectivity index is 2.10. The van der Waals surface area contributed by atoms with Gasteiger partial charge in [-0.15, -0.1) is 0 Å². The van der Waals surface area contributed by atoms with Gasteiger partial charge in [-0.25, -0.2) is 10.0 Å². The second-order valence-corrected chi connectivity index (χ2v) is 2.91. The molecule has 6 nitrogen and oxygen atoms in total. The Morgan fingerprint density at radius 1 is 1.64 bits per heavy atom. The number of rotatable bonds is 1. The van der Waals surface area contributed by atoms with Crippen LogP contribution >= 0.6 is 0 Å². The molecule has 1 amide bonds. The van der Waals surface area contributed by atoms with Gasteiger partial charge in [0, 0.05) is 12.4 Å². The van der Waals surface area contributed by atoms with Gasteiger partial charge in [0.05, 0.1) is 12.7 Å². The van der Waals surface area contributed by atoms with E-state index in [-0.39, 0.29) is 24.8 Å². The van der Waals surface area contributed by atoms with E-state index in [9.17, 15) is 4.79 Å². The molecule has 0 aliphatic carbocycles. The van der Waals surface area contributed by atoms with Gasteiger partial charge in [-0.05, 0) is 0 Å². The molecule has 0 radical (unpaired) electrons. The molecule has 1 aliphatic rings.